The third-order valence-corrected chi connectivity index (χ3v) is 5.94. The number of amides is 1. The highest BCUT2D eigenvalue weighted by Crippen LogP contribution is 2.22. The van der Waals surface area contributed by atoms with Crippen LogP contribution in [0.25, 0.3) is 0 Å². The number of carbonyl (C=O) groups is 2. The smallest absolute Gasteiger partial charge is 0.408 e. The van der Waals surface area contributed by atoms with Crippen molar-refractivity contribution in [3.05, 3.63) is 71.8 Å². The Morgan fingerprint density at radius 3 is 2.00 bits per heavy atom. The van der Waals surface area contributed by atoms with Crippen molar-refractivity contribution in [2.75, 3.05) is 26.9 Å². The fraction of sp³-hybridized carbons (Fsp3) is 0.562. The molecule has 0 heterocycles. The van der Waals surface area contributed by atoms with Gasteiger partial charge < -0.3 is 29.0 Å². The van der Waals surface area contributed by atoms with Crippen LogP contribution in [0.4, 0.5) is 4.79 Å². The van der Waals surface area contributed by atoms with E-state index < -0.39 is 35.9 Å². The first-order valence-electron chi connectivity index (χ1n) is 13.9. The summed E-state index contributed by atoms with van der Waals surface area (Å²) >= 11 is 0. The van der Waals surface area contributed by atoms with Gasteiger partial charge >= 0.3 is 12.1 Å². The van der Waals surface area contributed by atoms with Crippen LogP contribution in [0.1, 0.15) is 52.7 Å². The van der Waals surface area contributed by atoms with Crippen molar-refractivity contribution in [1.29, 1.82) is 0 Å². The fourth-order valence-corrected chi connectivity index (χ4v) is 4.18. The van der Waals surface area contributed by atoms with Crippen LogP contribution in [0.2, 0.25) is 0 Å². The lowest BCUT2D eigenvalue weighted by Crippen LogP contribution is -2.49. The average Bonchev–Trinajstić information content (AvgIpc) is 2.88. The van der Waals surface area contributed by atoms with Crippen LogP contribution >= 0.6 is 0 Å². The molecule has 2 aromatic carbocycles. The van der Waals surface area contributed by atoms with E-state index in [1.54, 1.807) is 27.9 Å². The minimum Gasteiger partial charge on any atom is -0.458 e. The lowest BCUT2D eigenvalue weighted by molar-refractivity contribution is -0.165. The van der Waals surface area contributed by atoms with Gasteiger partial charge in [0, 0.05) is 19.6 Å². The molecule has 0 aliphatic heterocycles. The van der Waals surface area contributed by atoms with Crippen LogP contribution in [0.5, 0.6) is 0 Å². The van der Waals surface area contributed by atoms with E-state index in [4.69, 9.17) is 23.7 Å². The van der Waals surface area contributed by atoms with Crippen molar-refractivity contribution >= 4 is 12.1 Å². The monoisotopic (exact) mass is 557 g/mol. The zero-order valence-corrected chi connectivity index (χ0v) is 25.1. The van der Waals surface area contributed by atoms with Crippen LogP contribution < -0.4 is 5.32 Å². The molecule has 0 aliphatic rings. The van der Waals surface area contributed by atoms with E-state index in [0.29, 0.717) is 25.6 Å². The van der Waals surface area contributed by atoms with Crippen molar-refractivity contribution < 1.29 is 33.3 Å². The number of ether oxygens (including phenoxy) is 5. The first-order valence-corrected chi connectivity index (χ1v) is 13.9. The van der Waals surface area contributed by atoms with Crippen molar-refractivity contribution in [2.45, 2.75) is 78.4 Å². The summed E-state index contributed by atoms with van der Waals surface area (Å²) in [6.07, 6.45) is -1.08. The Bertz CT molecular complexity index is 991. The SMILES string of the molecule is COC[C@H](Cc1ccccc1)[C@@H](OCC(C)C)[C@H](C)OC(=O)[C@H](COCc1ccccc1)NC(=O)OC(C)(C)C. The van der Waals surface area contributed by atoms with E-state index in [9.17, 15) is 9.59 Å². The number of benzene rings is 2. The molecular weight excluding hydrogens is 510 g/mol. The molecule has 8 nitrogen and oxygen atoms in total. The van der Waals surface area contributed by atoms with Gasteiger partial charge in [0.15, 0.2) is 6.04 Å². The molecule has 8 heteroatoms. The molecule has 0 bridgehead atoms. The Morgan fingerprint density at radius 1 is 0.850 bits per heavy atom. The Morgan fingerprint density at radius 2 is 1.45 bits per heavy atom. The number of methoxy groups -OCH3 is 1. The van der Waals surface area contributed by atoms with Gasteiger partial charge in [0.05, 0.1) is 25.9 Å². The van der Waals surface area contributed by atoms with Gasteiger partial charge in [-0.1, -0.05) is 74.5 Å². The van der Waals surface area contributed by atoms with Crippen molar-refractivity contribution in [1.82, 2.24) is 5.32 Å². The van der Waals surface area contributed by atoms with Crippen LogP contribution in [0, 0.1) is 11.8 Å². The molecule has 1 amide bonds. The molecule has 0 fully saturated rings. The third-order valence-electron chi connectivity index (χ3n) is 5.94. The number of carbonyl (C=O) groups excluding carboxylic acids is 2. The van der Waals surface area contributed by atoms with Crippen molar-refractivity contribution in [3.8, 4) is 0 Å². The van der Waals surface area contributed by atoms with Gasteiger partial charge in [-0.05, 0) is 51.2 Å². The van der Waals surface area contributed by atoms with Crippen LogP contribution in [-0.2, 0) is 41.5 Å². The Kier molecular flexibility index (Phi) is 14.1. The number of hydrogen-bond acceptors (Lipinski definition) is 7. The Labute approximate surface area is 239 Å². The van der Waals surface area contributed by atoms with Crippen LogP contribution in [0.3, 0.4) is 0 Å². The molecule has 0 aliphatic carbocycles. The summed E-state index contributed by atoms with van der Waals surface area (Å²) in [7, 11) is 1.65. The highest BCUT2D eigenvalue weighted by Gasteiger charge is 2.34. The van der Waals surface area contributed by atoms with Crippen molar-refractivity contribution in [2.24, 2.45) is 11.8 Å². The number of rotatable bonds is 16. The maximum absolute atomic E-state index is 13.4. The topological polar surface area (TPSA) is 92.3 Å². The number of esters is 1. The molecule has 0 saturated carbocycles. The third kappa shape index (κ3) is 12.9. The zero-order valence-electron chi connectivity index (χ0n) is 25.1. The highest BCUT2D eigenvalue weighted by atomic mass is 16.6. The lowest BCUT2D eigenvalue weighted by Gasteiger charge is -2.33. The quantitative estimate of drug-likeness (QED) is 0.270. The second-order valence-corrected chi connectivity index (χ2v) is 11.4. The minimum atomic E-state index is -1.07. The minimum absolute atomic E-state index is 0.0689. The summed E-state index contributed by atoms with van der Waals surface area (Å²) in [5, 5.41) is 2.62. The predicted molar refractivity (Wildman–Crippen MR) is 155 cm³/mol. The molecule has 1 N–H and O–H groups in total. The van der Waals surface area contributed by atoms with Gasteiger partial charge in [-0.25, -0.2) is 9.59 Å². The largest absolute Gasteiger partial charge is 0.458 e. The van der Waals surface area contributed by atoms with Gasteiger partial charge in [-0.15, -0.1) is 0 Å². The second kappa shape index (κ2) is 17.0. The number of nitrogens with one attached hydrogen (secondary N) is 1. The summed E-state index contributed by atoms with van der Waals surface area (Å²) in [4.78, 5) is 26.0. The molecule has 2 aromatic rings. The lowest BCUT2D eigenvalue weighted by atomic mass is 9.91. The predicted octanol–water partition coefficient (Wildman–Crippen LogP) is 5.57. The zero-order chi connectivity index (χ0) is 29.5. The maximum atomic E-state index is 13.4. The van der Waals surface area contributed by atoms with E-state index in [2.05, 4.69) is 31.3 Å². The standard InChI is InChI=1S/C32H47NO7/c1-23(2)19-38-29(27(21-36-7)18-25-14-10-8-11-15-25)24(3)39-30(34)28(33-31(35)40-32(4,5)6)22-37-20-26-16-12-9-13-17-26/h8-17,23-24,27-29H,18-22H2,1-7H3,(H,33,35)/t24-,27-,28-,29-/m0/s1. The Balaban J connectivity index is 2.18. The molecule has 0 spiro atoms. The van der Waals surface area contributed by atoms with E-state index in [0.717, 1.165) is 11.1 Å². The first-order chi connectivity index (χ1) is 19.0. The highest BCUT2D eigenvalue weighted by molar-refractivity contribution is 5.81. The average molecular weight is 558 g/mol. The molecule has 0 saturated heterocycles. The summed E-state index contributed by atoms with van der Waals surface area (Å²) < 4.78 is 29.0. The summed E-state index contributed by atoms with van der Waals surface area (Å²) in [5.41, 5.74) is 1.36. The Hall–Kier alpha value is -2.94. The molecule has 40 heavy (non-hydrogen) atoms. The maximum Gasteiger partial charge on any atom is 0.408 e. The van der Waals surface area contributed by atoms with Gasteiger partial charge in [0.25, 0.3) is 0 Å². The number of alkyl carbamates (subject to hydrolysis) is 1. The molecule has 0 unspecified atom stereocenters. The fourth-order valence-electron chi connectivity index (χ4n) is 4.18. The van der Waals surface area contributed by atoms with E-state index >= 15 is 0 Å². The van der Waals surface area contributed by atoms with E-state index in [-0.39, 0.29) is 19.1 Å². The number of hydrogen-bond donors (Lipinski definition) is 1. The summed E-state index contributed by atoms with van der Waals surface area (Å²) in [6, 6.07) is 18.6. The van der Waals surface area contributed by atoms with E-state index in [1.165, 1.54) is 0 Å². The molecule has 2 rings (SSSR count). The van der Waals surface area contributed by atoms with Gasteiger partial charge in [-0.2, -0.15) is 0 Å². The van der Waals surface area contributed by atoms with Crippen LogP contribution in [-0.4, -0.2) is 62.8 Å². The summed E-state index contributed by atoms with van der Waals surface area (Å²) in [6.45, 7) is 12.4. The first kappa shape index (κ1) is 33.3. The molecule has 222 valence electrons. The van der Waals surface area contributed by atoms with Gasteiger partial charge in [0.2, 0.25) is 0 Å². The molecule has 0 aromatic heterocycles. The molecule has 4 atom stereocenters. The molecule has 0 radical (unpaired) electrons. The second-order valence-electron chi connectivity index (χ2n) is 11.4. The normalized spacial score (nSPS) is 14.7. The van der Waals surface area contributed by atoms with Gasteiger partial charge in [-0.3, -0.25) is 0 Å². The van der Waals surface area contributed by atoms with E-state index in [1.807, 2.05) is 55.5 Å². The van der Waals surface area contributed by atoms with Gasteiger partial charge in [0.1, 0.15) is 11.7 Å². The summed E-state index contributed by atoms with van der Waals surface area (Å²) in [5.74, 6) is -0.403. The van der Waals surface area contributed by atoms with Crippen LogP contribution in [0.15, 0.2) is 60.7 Å². The van der Waals surface area contributed by atoms with Crippen molar-refractivity contribution in [3.63, 3.8) is 0 Å². The molecular formula is C32H47NO7.